The van der Waals surface area contributed by atoms with Crippen LogP contribution in [0, 0.1) is 11.6 Å². The third kappa shape index (κ3) is 4.22. The number of hydrogen-bond donors (Lipinski definition) is 1. The van der Waals surface area contributed by atoms with Crippen LogP contribution in [-0.2, 0) is 0 Å². The van der Waals surface area contributed by atoms with Crippen molar-refractivity contribution >= 4 is 21.8 Å². The fourth-order valence-electron chi connectivity index (χ4n) is 1.56. The molecule has 1 N–H and O–H groups in total. The van der Waals surface area contributed by atoms with Gasteiger partial charge in [0.15, 0.2) is 5.82 Å². The fraction of sp³-hybridized carbons (Fsp3) is 0.143. The topological polar surface area (TPSA) is 51.2 Å². The molecule has 0 bridgehead atoms. The number of aromatic nitrogens is 1. The second kappa shape index (κ2) is 7.12. The predicted octanol–water partition coefficient (Wildman–Crippen LogP) is 2.93. The van der Waals surface area contributed by atoms with E-state index in [4.69, 9.17) is 4.74 Å². The minimum absolute atomic E-state index is 0.0196. The third-order valence-electron chi connectivity index (χ3n) is 2.52. The van der Waals surface area contributed by atoms with E-state index < -0.39 is 11.6 Å². The summed E-state index contributed by atoms with van der Waals surface area (Å²) in [4.78, 5) is 15.3. The first-order valence-electron chi connectivity index (χ1n) is 6.04. The SMILES string of the molecule is O=C(NCCOc1ncc(F)cc1F)c1ccccc1Br. The smallest absolute Gasteiger partial charge is 0.252 e. The molecular weight excluding hydrogens is 346 g/mol. The summed E-state index contributed by atoms with van der Waals surface area (Å²) in [6.07, 6.45) is 0.859. The van der Waals surface area contributed by atoms with Crippen LogP contribution >= 0.6 is 15.9 Å². The van der Waals surface area contributed by atoms with Crippen LogP contribution in [0.15, 0.2) is 41.0 Å². The van der Waals surface area contributed by atoms with Gasteiger partial charge in [0.1, 0.15) is 12.4 Å². The Morgan fingerprint density at radius 2 is 2.10 bits per heavy atom. The number of nitrogens with zero attached hydrogens (tertiary/aromatic N) is 1. The molecule has 7 heteroatoms. The minimum atomic E-state index is -0.882. The van der Waals surface area contributed by atoms with E-state index >= 15 is 0 Å². The molecule has 1 aromatic heterocycles. The number of benzene rings is 1. The van der Waals surface area contributed by atoms with Gasteiger partial charge in [0.25, 0.3) is 11.8 Å². The average molecular weight is 357 g/mol. The highest BCUT2D eigenvalue weighted by molar-refractivity contribution is 9.10. The molecule has 0 atom stereocenters. The average Bonchev–Trinajstić information content (AvgIpc) is 2.45. The molecule has 0 unspecified atom stereocenters. The normalized spacial score (nSPS) is 10.2. The van der Waals surface area contributed by atoms with Crippen LogP contribution < -0.4 is 10.1 Å². The Hall–Kier alpha value is -2.02. The molecule has 0 aliphatic carbocycles. The highest BCUT2D eigenvalue weighted by Gasteiger charge is 2.09. The predicted molar refractivity (Wildman–Crippen MR) is 76.1 cm³/mol. The van der Waals surface area contributed by atoms with Gasteiger partial charge in [-0.2, -0.15) is 0 Å². The highest BCUT2D eigenvalue weighted by atomic mass is 79.9. The van der Waals surface area contributed by atoms with Crippen molar-refractivity contribution in [2.45, 2.75) is 0 Å². The number of amides is 1. The second-order valence-electron chi connectivity index (χ2n) is 4.02. The number of pyridine rings is 1. The van der Waals surface area contributed by atoms with Crippen LogP contribution in [0.3, 0.4) is 0 Å². The molecule has 0 saturated heterocycles. The number of ether oxygens (including phenoxy) is 1. The van der Waals surface area contributed by atoms with E-state index in [0.717, 1.165) is 6.20 Å². The summed E-state index contributed by atoms with van der Waals surface area (Å²) in [5.41, 5.74) is 0.489. The van der Waals surface area contributed by atoms with Gasteiger partial charge in [-0.3, -0.25) is 4.79 Å². The van der Waals surface area contributed by atoms with Crippen LogP contribution in [-0.4, -0.2) is 24.0 Å². The molecule has 4 nitrogen and oxygen atoms in total. The highest BCUT2D eigenvalue weighted by Crippen LogP contribution is 2.15. The second-order valence-corrected chi connectivity index (χ2v) is 4.88. The van der Waals surface area contributed by atoms with E-state index in [1.54, 1.807) is 24.3 Å². The lowest BCUT2D eigenvalue weighted by atomic mass is 10.2. The van der Waals surface area contributed by atoms with Crippen LogP contribution in [0.2, 0.25) is 0 Å². The van der Waals surface area contributed by atoms with Gasteiger partial charge in [-0.05, 0) is 28.1 Å². The summed E-state index contributed by atoms with van der Waals surface area (Å²) in [6.45, 7) is 0.185. The zero-order valence-electron chi connectivity index (χ0n) is 10.8. The minimum Gasteiger partial charge on any atom is -0.474 e. The quantitative estimate of drug-likeness (QED) is 0.838. The maximum atomic E-state index is 13.2. The van der Waals surface area contributed by atoms with Gasteiger partial charge in [-0.1, -0.05) is 12.1 Å². The molecule has 0 radical (unpaired) electrons. The molecule has 110 valence electrons. The van der Waals surface area contributed by atoms with E-state index in [2.05, 4.69) is 26.2 Å². The Balaban J connectivity index is 1.82. The summed E-state index contributed by atoms with van der Waals surface area (Å²) in [5.74, 6) is -2.24. The summed E-state index contributed by atoms with van der Waals surface area (Å²) in [6, 6.07) is 7.65. The summed E-state index contributed by atoms with van der Waals surface area (Å²) in [5, 5.41) is 2.62. The Labute approximate surface area is 128 Å². The monoisotopic (exact) mass is 356 g/mol. The van der Waals surface area contributed by atoms with Gasteiger partial charge >= 0.3 is 0 Å². The van der Waals surface area contributed by atoms with E-state index in [9.17, 15) is 13.6 Å². The van der Waals surface area contributed by atoms with Crippen molar-refractivity contribution in [3.8, 4) is 5.88 Å². The number of carbonyl (C=O) groups is 1. The third-order valence-corrected chi connectivity index (χ3v) is 3.21. The first-order valence-corrected chi connectivity index (χ1v) is 6.84. The molecule has 0 spiro atoms. The number of carbonyl (C=O) groups excluding carboxylic acids is 1. The maximum absolute atomic E-state index is 13.2. The van der Waals surface area contributed by atoms with E-state index in [1.807, 2.05) is 0 Å². The Morgan fingerprint density at radius 3 is 2.81 bits per heavy atom. The van der Waals surface area contributed by atoms with Gasteiger partial charge in [-0.25, -0.2) is 13.8 Å². The van der Waals surface area contributed by atoms with Gasteiger partial charge in [0.2, 0.25) is 0 Å². The lowest BCUT2D eigenvalue weighted by molar-refractivity contribution is 0.0945. The van der Waals surface area contributed by atoms with E-state index in [0.29, 0.717) is 16.1 Å². The number of halogens is 3. The van der Waals surface area contributed by atoms with Crippen molar-refractivity contribution in [2.24, 2.45) is 0 Å². The van der Waals surface area contributed by atoms with Crippen LogP contribution in [0.25, 0.3) is 0 Å². The molecule has 2 aromatic rings. The lowest BCUT2D eigenvalue weighted by Crippen LogP contribution is -2.28. The lowest BCUT2D eigenvalue weighted by Gasteiger charge is -2.08. The summed E-state index contributed by atoms with van der Waals surface area (Å²) >= 11 is 3.27. The van der Waals surface area contributed by atoms with E-state index in [1.165, 1.54) is 0 Å². The largest absolute Gasteiger partial charge is 0.474 e. The summed E-state index contributed by atoms with van der Waals surface area (Å²) < 4.78 is 31.6. The molecule has 0 aliphatic heterocycles. The van der Waals surface area contributed by atoms with Crippen molar-refractivity contribution < 1.29 is 18.3 Å². The molecule has 1 amide bonds. The van der Waals surface area contributed by atoms with Gasteiger partial charge in [-0.15, -0.1) is 0 Å². The van der Waals surface area contributed by atoms with Gasteiger partial charge in [0, 0.05) is 10.5 Å². The molecule has 2 rings (SSSR count). The van der Waals surface area contributed by atoms with Crippen LogP contribution in [0.5, 0.6) is 5.88 Å². The molecule has 0 aliphatic rings. The van der Waals surface area contributed by atoms with Crippen LogP contribution in [0.4, 0.5) is 8.78 Å². The number of nitrogens with one attached hydrogen (secondary N) is 1. The van der Waals surface area contributed by atoms with Crippen molar-refractivity contribution in [1.29, 1.82) is 0 Å². The fourth-order valence-corrected chi connectivity index (χ4v) is 2.03. The Kier molecular flexibility index (Phi) is 5.21. The first-order chi connectivity index (χ1) is 10.1. The van der Waals surface area contributed by atoms with Gasteiger partial charge in [0.05, 0.1) is 18.3 Å². The van der Waals surface area contributed by atoms with Gasteiger partial charge < -0.3 is 10.1 Å². The zero-order chi connectivity index (χ0) is 15.2. The number of hydrogen-bond acceptors (Lipinski definition) is 3. The van der Waals surface area contributed by atoms with Crippen molar-refractivity contribution in [3.63, 3.8) is 0 Å². The molecular formula is C14H11BrF2N2O2. The standard InChI is InChI=1S/C14H11BrF2N2O2/c15-11-4-2-1-3-10(11)13(20)18-5-6-21-14-12(17)7-9(16)8-19-14/h1-4,7-8H,5-6H2,(H,18,20). The number of rotatable bonds is 5. The first kappa shape index (κ1) is 15.4. The zero-order valence-corrected chi connectivity index (χ0v) is 12.4. The molecule has 21 heavy (non-hydrogen) atoms. The van der Waals surface area contributed by atoms with E-state index in [-0.39, 0.29) is 24.9 Å². The maximum Gasteiger partial charge on any atom is 0.252 e. The molecule has 0 fully saturated rings. The Bertz CT molecular complexity index is 653. The molecule has 1 heterocycles. The van der Waals surface area contributed by atoms with Crippen molar-refractivity contribution in [2.75, 3.05) is 13.2 Å². The van der Waals surface area contributed by atoms with Crippen LogP contribution in [0.1, 0.15) is 10.4 Å². The summed E-state index contributed by atoms with van der Waals surface area (Å²) in [7, 11) is 0. The molecule has 1 aromatic carbocycles. The van der Waals surface area contributed by atoms with Crippen molar-refractivity contribution in [1.82, 2.24) is 10.3 Å². The van der Waals surface area contributed by atoms with Crippen molar-refractivity contribution in [3.05, 3.63) is 58.2 Å². The Morgan fingerprint density at radius 1 is 1.33 bits per heavy atom. The molecule has 0 saturated carbocycles.